The molecule has 1 aliphatic carbocycles. The van der Waals surface area contributed by atoms with Crippen LogP contribution in [0.3, 0.4) is 0 Å². The lowest BCUT2D eigenvalue weighted by Gasteiger charge is -2.10. The average Bonchev–Trinajstić information content (AvgIpc) is 3.26. The van der Waals surface area contributed by atoms with Crippen LogP contribution in [0.2, 0.25) is 0 Å². The molecule has 1 heterocycles. The molecule has 0 amide bonds. The van der Waals surface area contributed by atoms with E-state index in [9.17, 15) is 14.3 Å². The third-order valence-corrected chi connectivity index (χ3v) is 5.23. The lowest BCUT2D eigenvalue weighted by atomic mass is 9.97. The van der Waals surface area contributed by atoms with E-state index in [1.165, 1.54) is 11.5 Å². The minimum Gasteiger partial charge on any atom is -0.478 e. The van der Waals surface area contributed by atoms with Gasteiger partial charge in [0.25, 0.3) is 0 Å². The minimum absolute atomic E-state index is 0.215. The molecule has 0 aliphatic heterocycles. The number of hydrogen-bond donors (Lipinski definition) is 1. The van der Waals surface area contributed by atoms with Gasteiger partial charge in [-0.1, -0.05) is 18.2 Å². The molecule has 0 atom stereocenters. The average molecular weight is 327 g/mol. The second-order valence-corrected chi connectivity index (χ2v) is 6.74. The van der Waals surface area contributed by atoms with Crippen molar-refractivity contribution in [2.45, 2.75) is 25.2 Å². The highest BCUT2D eigenvalue weighted by molar-refractivity contribution is 7.13. The summed E-state index contributed by atoms with van der Waals surface area (Å²) in [6, 6.07) is 8.67. The lowest BCUT2D eigenvalue weighted by Crippen LogP contribution is -2.04. The molecule has 4 rings (SSSR count). The van der Waals surface area contributed by atoms with Crippen molar-refractivity contribution in [3.05, 3.63) is 64.6 Å². The summed E-state index contributed by atoms with van der Waals surface area (Å²) in [7, 11) is 0. The highest BCUT2D eigenvalue weighted by atomic mass is 32.1. The van der Waals surface area contributed by atoms with Gasteiger partial charge in [-0.05, 0) is 59.1 Å². The fraction of sp³-hybridized carbons (Fsp3) is 0.222. The number of fused-ring (bicyclic) bond motifs is 1. The van der Waals surface area contributed by atoms with Crippen LogP contribution in [0.4, 0.5) is 4.39 Å². The van der Waals surface area contributed by atoms with Crippen LogP contribution in [0.25, 0.3) is 10.1 Å². The van der Waals surface area contributed by atoms with E-state index < -0.39 is 5.97 Å². The predicted molar refractivity (Wildman–Crippen MR) is 87.8 cm³/mol. The molecule has 0 saturated heterocycles. The molecule has 1 fully saturated rings. The quantitative estimate of drug-likeness (QED) is 0.762. The van der Waals surface area contributed by atoms with Crippen molar-refractivity contribution >= 4 is 27.6 Å². The summed E-state index contributed by atoms with van der Waals surface area (Å²) in [5.74, 6) is -0.754. The summed E-state index contributed by atoms with van der Waals surface area (Å²) in [6.45, 7) is 0. The number of benzene rings is 2. The molecule has 23 heavy (non-hydrogen) atoms. The van der Waals surface area contributed by atoms with Gasteiger partial charge >= 0.3 is 5.97 Å². The van der Waals surface area contributed by atoms with Crippen LogP contribution in [0.15, 0.2) is 36.5 Å². The van der Waals surface area contributed by atoms with Gasteiger partial charge in [0.1, 0.15) is 5.82 Å². The normalized spacial score (nSPS) is 14.3. The van der Waals surface area contributed by atoms with Crippen LogP contribution >= 0.6 is 11.5 Å². The van der Waals surface area contributed by atoms with Crippen molar-refractivity contribution < 1.29 is 14.3 Å². The second kappa shape index (κ2) is 5.42. The van der Waals surface area contributed by atoms with E-state index in [0.29, 0.717) is 17.0 Å². The molecule has 0 spiro atoms. The van der Waals surface area contributed by atoms with Crippen molar-refractivity contribution in [2.75, 3.05) is 0 Å². The molecule has 0 unspecified atom stereocenters. The maximum Gasteiger partial charge on any atom is 0.336 e. The summed E-state index contributed by atoms with van der Waals surface area (Å²) < 4.78 is 19.4. The van der Waals surface area contributed by atoms with Crippen LogP contribution in [0, 0.1) is 5.82 Å². The third kappa shape index (κ3) is 2.61. The Morgan fingerprint density at radius 2 is 2.13 bits per heavy atom. The Morgan fingerprint density at radius 1 is 1.30 bits per heavy atom. The van der Waals surface area contributed by atoms with Crippen molar-refractivity contribution in [1.82, 2.24) is 4.37 Å². The maximum absolute atomic E-state index is 14.4. The molecule has 5 heteroatoms. The first-order valence-electron chi connectivity index (χ1n) is 7.51. The fourth-order valence-electron chi connectivity index (χ4n) is 2.94. The van der Waals surface area contributed by atoms with E-state index in [0.717, 1.165) is 28.5 Å². The number of aromatic carboxylic acids is 1. The van der Waals surface area contributed by atoms with Gasteiger partial charge in [0.2, 0.25) is 0 Å². The van der Waals surface area contributed by atoms with Crippen LogP contribution in [0.1, 0.15) is 45.8 Å². The summed E-state index contributed by atoms with van der Waals surface area (Å²) in [5, 5.41) is 10.3. The molecule has 116 valence electrons. The Kier molecular flexibility index (Phi) is 3.38. The van der Waals surface area contributed by atoms with Crippen molar-refractivity contribution in [1.29, 1.82) is 0 Å². The van der Waals surface area contributed by atoms with Crippen LogP contribution in [-0.4, -0.2) is 15.4 Å². The monoisotopic (exact) mass is 327 g/mol. The lowest BCUT2D eigenvalue weighted by molar-refractivity contribution is 0.0696. The first-order chi connectivity index (χ1) is 11.1. The van der Waals surface area contributed by atoms with Crippen molar-refractivity contribution in [2.24, 2.45) is 0 Å². The number of aromatic nitrogens is 1. The van der Waals surface area contributed by atoms with Gasteiger partial charge in [0.15, 0.2) is 0 Å². The fourth-order valence-corrected chi connectivity index (χ4v) is 3.73. The van der Waals surface area contributed by atoms with Crippen molar-refractivity contribution in [3.8, 4) is 0 Å². The zero-order valence-corrected chi connectivity index (χ0v) is 13.1. The molecular formula is C18H14FNO2S. The second-order valence-electron chi connectivity index (χ2n) is 5.94. The summed E-state index contributed by atoms with van der Waals surface area (Å²) in [6.07, 6.45) is 4.23. The van der Waals surface area contributed by atoms with Gasteiger partial charge in [-0.3, -0.25) is 0 Å². The highest BCUT2D eigenvalue weighted by Gasteiger charge is 2.24. The molecule has 2 aromatic carbocycles. The number of nitrogens with zero attached hydrogens (tertiary/aromatic N) is 1. The number of halogens is 1. The van der Waals surface area contributed by atoms with Gasteiger partial charge in [0.05, 0.1) is 10.3 Å². The van der Waals surface area contributed by atoms with Gasteiger partial charge in [-0.15, -0.1) is 0 Å². The Labute approximate surface area is 136 Å². The van der Waals surface area contributed by atoms with E-state index in [-0.39, 0.29) is 17.8 Å². The number of carboxylic acid groups (broad SMARTS) is 1. The number of hydrogen-bond acceptors (Lipinski definition) is 3. The standard InChI is InChI=1S/C18H14FNO2S/c19-16-8-11(10-1-2-10)3-4-12(16)7-15-14(18(21)22)6-5-13-9-20-23-17(13)15/h3-6,8-10H,1-2,7H2,(H,21,22). The maximum atomic E-state index is 14.4. The summed E-state index contributed by atoms with van der Waals surface area (Å²) >= 11 is 1.25. The minimum atomic E-state index is -0.995. The SMILES string of the molecule is O=C(O)c1ccc2cnsc2c1Cc1ccc(C2CC2)cc1F. The molecular weight excluding hydrogens is 313 g/mol. The largest absolute Gasteiger partial charge is 0.478 e. The molecule has 1 saturated carbocycles. The topological polar surface area (TPSA) is 50.2 Å². The Morgan fingerprint density at radius 3 is 2.83 bits per heavy atom. The molecule has 3 nitrogen and oxygen atoms in total. The highest BCUT2D eigenvalue weighted by Crippen LogP contribution is 2.40. The summed E-state index contributed by atoms with van der Waals surface area (Å²) in [4.78, 5) is 11.5. The van der Waals surface area contributed by atoms with Gasteiger partial charge in [0, 0.05) is 18.0 Å². The smallest absolute Gasteiger partial charge is 0.336 e. The number of carboxylic acids is 1. The van der Waals surface area contributed by atoms with E-state index in [4.69, 9.17) is 0 Å². The Balaban J connectivity index is 1.78. The Hall–Kier alpha value is -2.27. The Bertz CT molecular complexity index is 915. The predicted octanol–water partition coefficient (Wildman–Crippen LogP) is 4.60. The van der Waals surface area contributed by atoms with Crippen LogP contribution in [-0.2, 0) is 6.42 Å². The van der Waals surface area contributed by atoms with E-state index >= 15 is 0 Å². The van der Waals surface area contributed by atoms with E-state index in [1.807, 2.05) is 6.07 Å². The zero-order valence-electron chi connectivity index (χ0n) is 12.3. The van der Waals surface area contributed by atoms with E-state index in [1.54, 1.807) is 30.5 Å². The van der Waals surface area contributed by atoms with Crippen LogP contribution in [0.5, 0.6) is 0 Å². The third-order valence-electron chi connectivity index (χ3n) is 4.35. The number of rotatable bonds is 4. The molecule has 3 aromatic rings. The molecule has 0 bridgehead atoms. The van der Waals surface area contributed by atoms with Gasteiger partial charge in [-0.25, -0.2) is 9.18 Å². The van der Waals surface area contributed by atoms with Gasteiger partial charge < -0.3 is 5.11 Å². The van der Waals surface area contributed by atoms with Crippen LogP contribution < -0.4 is 0 Å². The number of carbonyl (C=O) groups is 1. The molecule has 1 N–H and O–H groups in total. The van der Waals surface area contributed by atoms with Crippen molar-refractivity contribution in [3.63, 3.8) is 0 Å². The molecule has 1 aromatic heterocycles. The molecule has 0 radical (unpaired) electrons. The van der Waals surface area contributed by atoms with Gasteiger partial charge in [-0.2, -0.15) is 4.37 Å². The van der Waals surface area contributed by atoms with E-state index in [2.05, 4.69) is 4.37 Å². The summed E-state index contributed by atoms with van der Waals surface area (Å²) in [5.41, 5.74) is 2.42. The first-order valence-corrected chi connectivity index (χ1v) is 8.28. The molecule has 1 aliphatic rings. The first kappa shape index (κ1) is 14.3. The zero-order chi connectivity index (χ0) is 16.0.